The fraction of sp³-hybridized carbons (Fsp3) is 0.133. The molecule has 0 bridgehead atoms. The van der Waals surface area contributed by atoms with Gasteiger partial charge in [-0.25, -0.2) is 0 Å². The maximum Gasteiger partial charge on any atom is 0.161 e. The van der Waals surface area contributed by atoms with Crippen LogP contribution in [0.4, 0.5) is 0 Å². The van der Waals surface area contributed by atoms with Crippen LogP contribution >= 0.6 is 0 Å². The minimum absolute atomic E-state index is 0.0734. The Morgan fingerprint density at radius 1 is 1.28 bits per heavy atom. The summed E-state index contributed by atoms with van der Waals surface area (Å²) in [5.74, 6) is -0.615. The zero-order valence-electron chi connectivity index (χ0n) is 14.5. The number of carbonyl (C=O) groups excluding carboxylic acids is 1. The standard InChI is InChI=1S/C15H14O3/c1-17-15-9-13(10-16)7-8-14(15)18-11-12-5-3-2-4-6-12/h2-10H,11H2,1H3/i1D3,8D,9D. The Morgan fingerprint density at radius 3 is 2.83 bits per heavy atom. The van der Waals surface area contributed by atoms with Gasteiger partial charge in [0.2, 0.25) is 0 Å². The Labute approximate surface area is 113 Å². The summed E-state index contributed by atoms with van der Waals surface area (Å²) in [6, 6.07) is 9.56. The van der Waals surface area contributed by atoms with Gasteiger partial charge in [-0.15, -0.1) is 0 Å². The topological polar surface area (TPSA) is 35.5 Å². The van der Waals surface area contributed by atoms with Gasteiger partial charge >= 0.3 is 0 Å². The van der Waals surface area contributed by atoms with Crippen molar-refractivity contribution in [2.45, 2.75) is 6.61 Å². The summed E-state index contributed by atoms with van der Waals surface area (Å²) in [6.07, 6.45) is 0.369. The largest absolute Gasteiger partial charge is 0.493 e. The van der Waals surface area contributed by atoms with Crippen molar-refractivity contribution in [1.82, 2.24) is 0 Å². The Bertz CT molecular complexity index is 698. The van der Waals surface area contributed by atoms with E-state index in [1.165, 1.54) is 0 Å². The second-order valence-corrected chi connectivity index (χ2v) is 3.52. The first-order valence-corrected chi connectivity index (χ1v) is 5.27. The van der Waals surface area contributed by atoms with E-state index in [2.05, 4.69) is 0 Å². The summed E-state index contributed by atoms with van der Waals surface area (Å²) in [5, 5.41) is 0. The maximum atomic E-state index is 10.9. The molecular weight excluding hydrogens is 228 g/mol. The molecule has 0 amide bonds. The highest BCUT2D eigenvalue weighted by atomic mass is 16.5. The van der Waals surface area contributed by atoms with Gasteiger partial charge < -0.3 is 9.47 Å². The lowest BCUT2D eigenvalue weighted by Crippen LogP contribution is -1.98. The molecule has 0 fully saturated rings. The third-order valence-electron chi connectivity index (χ3n) is 2.28. The lowest BCUT2D eigenvalue weighted by atomic mass is 10.2. The van der Waals surface area contributed by atoms with E-state index in [1.54, 1.807) is 12.1 Å². The van der Waals surface area contributed by atoms with Crippen LogP contribution in [0.5, 0.6) is 11.5 Å². The minimum Gasteiger partial charge on any atom is -0.493 e. The molecule has 0 unspecified atom stereocenters. The van der Waals surface area contributed by atoms with Crippen LogP contribution in [-0.2, 0) is 6.61 Å². The van der Waals surface area contributed by atoms with Gasteiger partial charge in [0.15, 0.2) is 11.5 Å². The average molecular weight is 247 g/mol. The van der Waals surface area contributed by atoms with Crippen molar-refractivity contribution in [3.63, 3.8) is 0 Å². The van der Waals surface area contributed by atoms with Gasteiger partial charge in [0.25, 0.3) is 0 Å². The molecule has 18 heavy (non-hydrogen) atoms. The van der Waals surface area contributed by atoms with E-state index in [0.717, 1.165) is 11.6 Å². The van der Waals surface area contributed by atoms with Crippen LogP contribution in [0.1, 0.15) is 22.8 Å². The van der Waals surface area contributed by atoms with E-state index in [1.807, 2.05) is 18.2 Å². The van der Waals surface area contributed by atoms with E-state index in [9.17, 15) is 4.79 Å². The van der Waals surface area contributed by atoms with Crippen LogP contribution in [0.3, 0.4) is 0 Å². The molecule has 2 rings (SSSR count). The highest BCUT2D eigenvalue weighted by Gasteiger charge is 2.05. The average Bonchev–Trinajstić information content (AvgIpc) is 2.50. The van der Waals surface area contributed by atoms with Crippen LogP contribution < -0.4 is 9.47 Å². The predicted octanol–water partition coefficient (Wildman–Crippen LogP) is 3.09. The molecular formula is C15H14O3. The van der Waals surface area contributed by atoms with Gasteiger partial charge in [-0.3, -0.25) is 4.79 Å². The van der Waals surface area contributed by atoms with Gasteiger partial charge in [-0.2, -0.15) is 0 Å². The normalized spacial score (nSPS) is 14.6. The fourth-order valence-corrected chi connectivity index (χ4v) is 1.41. The third kappa shape index (κ3) is 2.88. The summed E-state index contributed by atoms with van der Waals surface area (Å²) >= 11 is 0. The number of ether oxygens (including phenoxy) is 2. The summed E-state index contributed by atoms with van der Waals surface area (Å²) in [6.45, 7) is 0.0734. The Hall–Kier alpha value is -2.29. The molecule has 0 aromatic heterocycles. The van der Waals surface area contributed by atoms with Crippen LogP contribution in [-0.4, -0.2) is 13.3 Å². The molecule has 0 aliphatic heterocycles. The summed E-state index contributed by atoms with van der Waals surface area (Å²) in [4.78, 5) is 10.9. The molecule has 0 spiro atoms. The summed E-state index contributed by atoms with van der Waals surface area (Å²) in [7, 11) is -2.82. The molecule has 0 N–H and O–H groups in total. The third-order valence-corrected chi connectivity index (χ3v) is 2.28. The molecule has 0 radical (unpaired) electrons. The lowest BCUT2D eigenvalue weighted by molar-refractivity contribution is 0.112. The Balaban J connectivity index is 2.40. The van der Waals surface area contributed by atoms with Crippen LogP contribution in [0.25, 0.3) is 0 Å². The SMILES string of the molecule is [2H]c1cc(C=O)c([2H])c(OC([2H])([2H])[2H])c1OCc1ccccc1. The number of methoxy groups -OCH3 is 1. The number of aldehydes is 1. The smallest absolute Gasteiger partial charge is 0.161 e. The van der Waals surface area contributed by atoms with E-state index >= 15 is 0 Å². The number of benzene rings is 2. The van der Waals surface area contributed by atoms with E-state index in [-0.39, 0.29) is 24.0 Å². The minimum atomic E-state index is -2.82. The van der Waals surface area contributed by atoms with E-state index in [0.29, 0.717) is 6.29 Å². The maximum absolute atomic E-state index is 10.9. The molecule has 0 heterocycles. The number of carbonyl (C=O) groups is 1. The molecule has 92 valence electrons. The van der Waals surface area contributed by atoms with Crippen LogP contribution in [0, 0.1) is 0 Å². The van der Waals surface area contributed by atoms with Crippen molar-refractivity contribution in [2.75, 3.05) is 7.04 Å². The van der Waals surface area contributed by atoms with Gasteiger partial charge in [-0.1, -0.05) is 30.3 Å². The molecule has 3 nitrogen and oxygen atoms in total. The van der Waals surface area contributed by atoms with E-state index in [4.69, 9.17) is 16.3 Å². The highest BCUT2D eigenvalue weighted by Crippen LogP contribution is 2.28. The molecule has 0 aliphatic carbocycles. The molecule has 2 aromatic rings. The second kappa shape index (κ2) is 5.87. The Kier molecular flexibility index (Phi) is 2.35. The zero-order valence-corrected chi connectivity index (χ0v) is 9.47. The van der Waals surface area contributed by atoms with Crippen molar-refractivity contribution in [2.24, 2.45) is 0 Å². The lowest BCUT2D eigenvalue weighted by Gasteiger charge is -2.10. The summed E-state index contributed by atoms with van der Waals surface area (Å²) in [5.41, 5.74) is 0.666. The van der Waals surface area contributed by atoms with Crippen molar-refractivity contribution < 1.29 is 21.1 Å². The van der Waals surface area contributed by atoms with Crippen molar-refractivity contribution >= 4 is 6.29 Å². The fourth-order valence-electron chi connectivity index (χ4n) is 1.41. The molecule has 3 heteroatoms. The van der Waals surface area contributed by atoms with Crippen molar-refractivity contribution in [1.29, 1.82) is 0 Å². The quantitative estimate of drug-likeness (QED) is 0.762. The monoisotopic (exact) mass is 247 g/mol. The first-order valence-electron chi connectivity index (χ1n) is 7.77. The van der Waals surface area contributed by atoms with Crippen molar-refractivity contribution in [3.05, 3.63) is 59.6 Å². The van der Waals surface area contributed by atoms with E-state index < -0.39 is 18.8 Å². The molecule has 0 saturated heterocycles. The summed E-state index contributed by atoms with van der Waals surface area (Å²) < 4.78 is 47.6. The van der Waals surface area contributed by atoms with Gasteiger partial charge in [0.1, 0.15) is 12.9 Å². The zero-order chi connectivity index (χ0) is 17.0. The highest BCUT2D eigenvalue weighted by molar-refractivity contribution is 5.76. The van der Waals surface area contributed by atoms with Gasteiger partial charge in [0, 0.05) is 5.56 Å². The first-order chi connectivity index (χ1) is 10.8. The van der Waals surface area contributed by atoms with Crippen molar-refractivity contribution in [3.8, 4) is 11.5 Å². The first kappa shape index (κ1) is 7.21. The predicted molar refractivity (Wildman–Crippen MR) is 69.2 cm³/mol. The van der Waals surface area contributed by atoms with Crippen LogP contribution in [0.15, 0.2) is 48.5 Å². The Morgan fingerprint density at radius 2 is 2.11 bits per heavy atom. The number of rotatable bonds is 5. The number of hydrogen-bond donors (Lipinski definition) is 0. The van der Waals surface area contributed by atoms with Crippen LogP contribution in [0.2, 0.25) is 0 Å². The second-order valence-electron chi connectivity index (χ2n) is 3.52. The molecule has 2 aromatic carbocycles. The van der Waals surface area contributed by atoms with Gasteiger partial charge in [0.05, 0.1) is 13.9 Å². The van der Waals surface area contributed by atoms with Gasteiger partial charge in [-0.05, 0) is 23.7 Å². The molecule has 0 atom stereocenters. The molecule has 0 saturated carbocycles. The number of hydrogen-bond acceptors (Lipinski definition) is 3. The molecule has 0 aliphatic rings.